The molecule has 8 atom stereocenters. The molecular weight excluding hydrogens is 379 g/mol. The molecule has 0 aromatic carbocycles. The topological polar surface area (TPSA) is 77.4 Å². The van der Waals surface area contributed by atoms with Crippen LogP contribution in [0.4, 0.5) is 0 Å². The van der Waals surface area contributed by atoms with Gasteiger partial charge in [0.05, 0.1) is 5.60 Å². The van der Waals surface area contributed by atoms with Gasteiger partial charge in [-0.25, -0.2) is 0 Å². The van der Waals surface area contributed by atoms with Gasteiger partial charge in [0, 0.05) is 17.8 Å². The number of carbonyl (C=O) groups is 2. The third-order valence-corrected chi connectivity index (χ3v) is 9.25. The van der Waals surface area contributed by atoms with Crippen LogP contribution in [0.3, 0.4) is 0 Å². The summed E-state index contributed by atoms with van der Waals surface area (Å²) < 4.78 is 0. The summed E-state index contributed by atoms with van der Waals surface area (Å²) in [5.74, 6) is 1.74. The van der Waals surface area contributed by atoms with Crippen LogP contribution in [0.25, 0.3) is 0 Å². The fourth-order valence-electron chi connectivity index (χ4n) is 7.59. The molecule has 0 amide bonds. The van der Waals surface area contributed by atoms with Crippen molar-refractivity contribution >= 4 is 11.8 Å². The second kappa shape index (κ2) is 6.86. The molecule has 4 nitrogen and oxygen atoms in total. The van der Waals surface area contributed by atoms with Gasteiger partial charge in [-0.1, -0.05) is 31.6 Å². The van der Waals surface area contributed by atoms with E-state index in [0.29, 0.717) is 42.4 Å². The van der Waals surface area contributed by atoms with Gasteiger partial charge in [-0.2, -0.15) is 0 Å². The Morgan fingerprint density at radius 1 is 1.32 bits per heavy atom. The zero-order chi connectivity index (χ0) is 19.2. The first-order chi connectivity index (χ1) is 12.7. The Labute approximate surface area is 209 Å². The SMILES string of the molecule is C[C@]12CCC(=O)C=C1[C@H]1C[C@H]1C1C2C=C[C@@]2(C)C1CC[C@@]2(O)CCC(=O)[O-].[K+]. The number of aliphatic hydroxyl groups is 1. The minimum atomic E-state index is -1.08. The van der Waals surface area contributed by atoms with Gasteiger partial charge in [0.15, 0.2) is 5.78 Å². The van der Waals surface area contributed by atoms with E-state index in [2.05, 4.69) is 26.0 Å². The number of carbonyl (C=O) groups excluding carboxylic acids is 2. The molecule has 0 radical (unpaired) electrons. The predicted octanol–water partition coefficient (Wildman–Crippen LogP) is -0.585. The number of carboxylic acids is 1. The molecule has 1 N–H and O–H groups in total. The largest absolute Gasteiger partial charge is 1.00 e. The molecule has 5 heteroatoms. The third kappa shape index (κ3) is 2.80. The summed E-state index contributed by atoms with van der Waals surface area (Å²) in [7, 11) is 0. The number of rotatable bonds is 3. The van der Waals surface area contributed by atoms with Crippen molar-refractivity contribution in [3.8, 4) is 0 Å². The van der Waals surface area contributed by atoms with E-state index < -0.39 is 11.6 Å². The third-order valence-electron chi connectivity index (χ3n) is 9.25. The second-order valence-corrected chi connectivity index (χ2v) is 10.3. The van der Waals surface area contributed by atoms with Gasteiger partial charge in [-0.05, 0) is 79.6 Å². The molecule has 0 aliphatic heterocycles. The van der Waals surface area contributed by atoms with Crippen molar-refractivity contribution in [3.05, 3.63) is 23.8 Å². The Morgan fingerprint density at radius 3 is 2.79 bits per heavy atom. The first kappa shape index (κ1) is 21.4. The van der Waals surface area contributed by atoms with Gasteiger partial charge < -0.3 is 15.0 Å². The fraction of sp³-hybridized carbons (Fsp3) is 0.739. The van der Waals surface area contributed by atoms with Crippen LogP contribution in [-0.2, 0) is 9.59 Å². The van der Waals surface area contributed by atoms with E-state index in [0.717, 1.165) is 12.8 Å². The van der Waals surface area contributed by atoms with Crippen molar-refractivity contribution in [1.29, 1.82) is 0 Å². The number of hydrogen-bond donors (Lipinski definition) is 1. The number of carboxylic acid groups (broad SMARTS) is 1. The van der Waals surface area contributed by atoms with Crippen molar-refractivity contribution in [2.45, 2.75) is 64.4 Å². The summed E-state index contributed by atoms with van der Waals surface area (Å²) in [6.45, 7) is 4.49. The van der Waals surface area contributed by atoms with Crippen LogP contribution in [-0.4, -0.2) is 22.5 Å². The molecule has 5 aliphatic carbocycles. The van der Waals surface area contributed by atoms with Crippen LogP contribution in [0.1, 0.15) is 58.8 Å². The second-order valence-electron chi connectivity index (χ2n) is 10.3. The van der Waals surface area contributed by atoms with Crippen LogP contribution in [0.15, 0.2) is 23.8 Å². The van der Waals surface area contributed by atoms with Crippen LogP contribution in [0, 0.1) is 40.4 Å². The van der Waals surface area contributed by atoms with Crippen molar-refractivity contribution in [1.82, 2.24) is 0 Å². The standard InChI is InChI=1S/C23H30O4.K/c1-21-7-3-13(24)11-18(21)14-12-15(14)20-16(21)4-8-22(2)17(20)5-9-23(22,27)10-6-19(25)26;/h4,8,11,14-17,20,27H,3,5-7,9-10,12H2,1-2H3,(H,25,26);/q;+1/p-1/t14-,15+,16?,17?,20?,21+,22-,23+;/m0./s1. The first-order valence-corrected chi connectivity index (χ1v) is 10.6. The summed E-state index contributed by atoms with van der Waals surface area (Å²) in [6.07, 6.45) is 11.1. The molecule has 0 aromatic heterocycles. The number of aliphatic carboxylic acids is 1. The molecular formula is C23H29KO4. The molecule has 0 saturated heterocycles. The van der Waals surface area contributed by atoms with Crippen molar-refractivity contribution < 1.29 is 71.2 Å². The fourth-order valence-corrected chi connectivity index (χ4v) is 7.59. The van der Waals surface area contributed by atoms with E-state index >= 15 is 0 Å². The minimum absolute atomic E-state index is 0. The predicted molar refractivity (Wildman–Crippen MR) is 98.2 cm³/mol. The molecule has 146 valence electrons. The molecule has 5 aliphatic rings. The Bertz CT molecular complexity index is 787. The molecule has 0 heterocycles. The molecule has 5 rings (SSSR count). The van der Waals surface area contributed by atoms with Crippen molar-refractivity contribution in [2.24, 2.45) is 40.4 Å². The summed E-state index contributed by atoms with van der Waals surface area (Å²) in [5, 5.41) is 22.4. The molecule has 28 heavy (non-hydrogen) atoms. The zero-order valence-electron chi connectivity index (χ0n) is 17.2. The van der Waals surface area contributed by atoms with E-state index in [1.807, 2.05) is 6.08 Å². The van der Waals surface area contributed by atoms with Crippen LogP contribution < -0.4 is 56.5 Å². The molecule has 0 aromatic rings. The number of fused-ring (bicyclic) bond motifs is 8. The summed E-state index contributed by atoms with van der Waals surface area (Å²) in [5.41, 5.74) is 0.144. The van der Waals surface area contributed by atoms with Gasteiger partial charge in [-0.3, -0.25) is 4.79 Å². The van der Waals surface area contributed by atoms with Gasteiger partial charge in [0.25, 0.3) is 0 Å². The normalized spacial score (nSPS) is 50.5. The minimum Gasteiger partial charge on any atom is -0.550 e. The number of allylic oxidation sites excluding steroid dienone is 3. The average molecular weight is 409 g/mol. The molecule has 0 bridgehead atoms. The van der Waals surface area contributed by atoms with Crippen molar-refractivity contribution in [2.75, 3.05) is 0 Å². The van der Waals surface area contributed by atoms with Crippen LogP contribution in [0.5, 0.6) is 0 Å². The van der Waals surface area contributed by atoms with Gasteiger partial charge in [0.2, 0.25) is 0 Å². The van der Waals surface area contributed by atoms with Crippen LogP contribution in [0.2, 0.25) is 0 Å². The monoisotopic (exact) mass is 408 g/mol. The van der Waals surface area contributed by atoms with E-state index in [1.165, 1.54) is 12.0 Å². The Balaban J connectivity index is 0.00000192. The molecule has 3 saturated carbocycles. The maximum Gasteiger partial charge on any atom is 1.00 e. The van der Waals surface area contributed by atoms with Crippen molar-refractivity contribution in [3.63, 3.8) is 0 Å². The first-order valence-electron chi connectivity index (χ1n) is 10.6. The quantitative estimate of drug-likeness (QED) is 0.501. The Kier molecular flexibility index (Phi) is 5.26. The summed E-state index contributed by atoms with van der Waals surface area (Å²) >= 11 is 0. The van der Waals surface area contributed by atoms with Gasteiger partial charge in [0.1, 0.15) is 0 Å². The Morgan fingerprint density at radius 2 is 2.07 bits per heavy atom. The van der Waals surface area contributed by atoms with E-state index in [4.69, 9.17) is 0 Å². The van der Waals surface area contributed by atoms with E-state index in [-0.39, 0.29) is 80.8 Å². The van der Waals surface area contributed by atoms with Gasteiger partial charge >= 0.3 is 51.4 Å². The molecule has 3 fully saturated rings. The zero-order valence-corrected chi connectivity index (χ0v) is 20.4. The Hall–Kier alpha value is 0.216. The van der Waals surface area contributed by atoms with Gasteiger partial charge in [-0.15, -0.1) is 0 Å². The maximum atomic E-state index is 12.0. The molecule has 3 unspecified atom stereocenters. The van der Waals surface area contributed by atoms with Crippen LogP contribution >= 0.6 is 0 Å². The van der Waals surface area contributed by atoms with E-state index in [9.17, 15) is 19.8 Å². The summed E-state index contributed by atoms with van der Waals surface area (Å²) in [6, 6.07) is 0. The maximum absolute atomic E-state index is 12.0. The molecule has 0 spiro atoms. The smallest absolute Gasteiger partial charge is 0.550 e. The number of hydrogen-bond acceptors (Lipinski definition) is 4. The summed E-state index contributed by atoms with van der Waals surface area (Å²) in [4.78, 5) is 23.1. The number of ketones is 1. The van der Waals surface area contributed by atoms with E-state index in [1.54, 1.807) is 0 Å². The average Bonchev–Trinajstić information content (AvgIpc) is 3.35.